The van der Waals surface area contributed by atoms with Gasteiger partial charge in [0.15, 0.2) is 5.13 Å². The molecule has 0 bridgehead atoms. The number of carbonyl (C=O) groups is 4. The molecule has 77 heavy (non-hydrogen) atoms. The number of nitrogens with zero attached hydrogens (tertiary/aromatic N) is 6. The molecule has 2 aromatic heterocycles. The third-order valence-electron chi connectivity index (χ3n) is 11.3. The molecule has 2 heterocycles. The van der Waals surface area contributed by atoms with Crippen LogP contribution in [0.1, 0.15) is 54.1 Å². The van der Waals surface area contributed by atoms with Gasteiger partial charge in [0.05, 0.1) is 70.7 Å². The highest BCUT2D eigenvalue weighted by atomic mass is 35.5. The molecule has 1 atom stereocenters. The van der Waals surface area contributed by atoms with Crippen LogP contribution in [0.2, 0.25) is 5.02 Å². The number of hydrogen-bond donors (Lipinski definition) is 4. The van der Waals surface area contributed by atoms with E-state index in [-0.39, 0.29) is 25.8 Å². The van der Waals surface area contributed by atoms with Crippen LogP contribution >= 0.6 is 22.9 Å². The molecule has 0 saturated heterocycles. The number of aliphatic imine (C=N–C) groups is 1. The monoisotopic (exact) mass is 1100 g/mol. The maximum Gasteiger partial charge on any atom is 0.325 e. The van der Waals surface area contributed by atoms with Crippen molar-refractivity contribution >= 4 is 69.8 Å². The fourth-order valence-electron chi connectivity index (χ4n) is 7.26. The second-order valence-electron chi connectivity index (χ2n) is 17.2. The van der Waals surface area contributed by atoms with Crippen LogP contribution in [0, 0.1) is 0 Å². The summed E-state index contributed by atoms with van der Waals surface area (Å²) in [6, 6.07) is 22.5. The average Bonchev–Trinajstić information content (AvgIpc) is 3.88. The van der Waals surface area contributed by atoms with E-state index in [0.717, 1.165) is 48.2 Å². The molecule has 0 radical (unpaired) electrons. The Hall–Kier alpha value is -6.95. The highest BCUT2D eigenvalue weighted by Crippen LogP contribution is 2.25. The number of alkyl halides is 2. The van der Waals surface area contributed by atoms with E-state index in [4.69, 9.17) is 41.1 Å². The minimum absolute atomic E-state index is 0.0861. The fourth-order valence-corrected chi connectivity index (χ4v) is 8.10. The van der Waals surface area contributed by atoms with Gasteiger partial charge in [-0.3, -0.25) is 24.9 Å². The number of rotatable bonds is 37. The third-order valence-corrected chi connectivity index (χ3v) is 12.3. The number of hydrazone groups is 1. The lowest BCUT2D eigenvalue weighted by molar-refractivity contribution is -0.143. The first-order valence-corrected chi connectivity index (χ1v) is 26.3. The summed E-state index contributed by atoms with van der Waals surface area (Å²) in [5.41, 5.74) is 3.68. The predicted octanol–water partition coefficient (Wildman–Crippen LogP) is 7.66. The van der Waals surface area contributed by atoms with Gasteiger partial charge < -0.3 is 54.8 Å². The number of pyridine rings is 1. The Kier molecular flexibility index (Phi) is 28.0. The van der Waals surface area contributed by atoms with Crippen molar-refractivity contribution in [1.82, 2.24) is 25.1 Å². The lowest BCUT2D eigenvalue weighted by Gasteiger charge is -2.31. The number of aromatic nitrogens is 2. The molecule has 0 aliphatic carbocycles. The largest absolute Gasteiger partial charge is 0.494 e. The smallest absolute Gasteiger partial charge is 0.325 e. The molecule has 1 unspecified atom stereocenters. The first-order valence-electron chi connectivity index (χ1n) is 25.1. The van der Waals surface area contributed by atoms with Crippen LogP contribution in [0.15, 0.2) is 113 Å². The fraction of sp³-hybridized carbons (Fsp3) is 0.407. The predicted molar refractivity (Wildman–Crippen MR) is 293 cm³/mol. The van der Waals surface area contributed by atoms with Gasteiger partial charge in [0.1, 0.15) is 30.4 Å². The van der Waals surface area contributed by atoms with Gasteiger partial charge in [0.2, 0.25) is 11.8 Å². The van der Waals surface area contributed by atoms with Gasteiger partial charge in [-0.25, -0.2) is 18.6 Å². The first-order chi connectivity index (χ1) is 37.5. The quantitative estimate of drug-likeness (QED) is 0.00985. The molecule has 19 nitrogen and oxygen atoms in total. The van der Waals surface area contributed by atoms with Crippen LogP contribution in [0.4, 0.5) is 24.4 Å². The number of nitrogens with two attached hydrogens (primary N) is 1. The SMILES string of the molecule is CN(CCCCOc1ccc(CCC(=O)N(CC(F)F)C(C(=O)NCc2ccc(Cl)cc2)c2cccnc2)cc1)CCOCCOCC/C(C=NCCOCCOc1ccc(NC(=O)Nc2nc(CC=O)cs2)cc1)=N/N. The summed E-state index contributed by atoms with van der Waals surface area (Å²) in [6.07, 6.45) is 5.08. The van der Waals surface area contributed by atoms with Crippen LogP contribution in [0.3, 0.4) is 0 Å². The van der Waals surface area contributed by atoms with Gasteiger partial charge in [-0.15, -0.1) is 11.3 Å². The van der Waals surface area contributed by atoms with E-state index in [2.05, 4.69) is 40.9 Å². The number of benzene rings is 3. The highest BCUT2D eigenvalue weighted by Gasteiger charge is 2.33. The molecule has 3 aromatic carbocycles. The van der Waals surface area contributed by atoms with E-state index in [1.54, 1.807) is 72.3 Å². The Morgan fingerprint density at radius 1 is 0.818 bits per heavy atom. The zero-order valence-electron chi connectivity index (χ0n) is 43.0. The Morgan fingerprint density at radius 3 is 2.23 bits per heavy atom. The topological polar surface area (TPSA) is 234 Å². The maximum atomic E-state index is 13.9. The van der Waals surface area contributed by atoms with Crippen LogP contribution in [0.25, 0.3) is 0 Å². The number of urea groups is 1. The minimum atomic E-state index is -2.86. The Labute approximate surface area is 456 Å². The van der Waals surface area contributed by atoms with Crippen molar-refractivity contribution in [2.45, 2.75) is 57.5 Å². The first kappa shape index (κ1) is 60.9. The van der Waals surface area contributed by atoms with Crippen LogP contribution in [-0.2, 0) is 48.0 Å². The van der Waals surface area contributed by atoms with E-state index < -0.39 is 36.9 Å². The molecule has 0 aliphatic rings. The molecule has 0 fully saturated rings. The van der Waals surface area contributed by atoms with Gasteiger partial charge >= 0.3 is 6.03 Å². The number of carbonyl (C=O) groups excluding carboxylic acids is 4. The summed E-state index contributed by atoms with van der Waals surface area (Å²) < 4.78 is 56.5. The normalized spacial score (nSPS) is 11.9. The van der Waals surface area contributed by atoms with Crippen molar-refractivity contribution in [1.29, 1.82) is 0 Å². The van der Waals surface area contributed by atoms with E-state index in [1.807, 2.05) is 31.3 Å². The molecule has 0 spiro atoms. The lowest BCUT2D eigenvalue weighted by atomic mass is 10.0. The third kappa shape index (κ3) is 24.3. The van der Waals surface area contributed by atoms with Crippen LogP contribution < -0.4 is 31.3 Å². The number of anilines is 2. The number of halogens is 3. The van der Waals surface area contributed by atoms with Crippen molar-refractivity contribution in [2.75, 3.05) is 96.7 Å². The van der Waals surface area contributed by atoms with Crippen molar-refractivity contribution in [3.63, 3.8) is 0 Å². The van der Waals surface area contributed by atoms with Gasteiger partial charge in [-0.2, -0.15) is 5.10 Å². The molecule has 4 amide bonds. The summed E-state index contributed by atoms with van der Waals surface area (Å²) in [7, 11) is 2.04. The molecule has 5 aromatic rings. The molecule has 0 aliphatic heterocycles. The van der Waals surface area contributed by atoms with Crippen molar-refractivity contribution in [2.24, 2.45) is 15.9 Å². The van der Waals surface area contributed by atoms with Crippen molar-refractivity contribution < 1.29 is 51.6 Å². The molecular weight excluding hydrogens is 1040 g/mol. The van der Waals surface area contributed by atoms with Crippen LogP contribution in [-0.4, -0.2) is 148 Å². The van der Waals surface area contributed by atoms with E-state index in [1.165, 1.54) is 23.7 Å². The molecule has 0 saturated carbocycles. The number of hydrogen-bond acceptors (Lipinski definition) is 16. The summed E-state index contributed by atoms with van der Waals surface area (Å²) in [4.78, 5) is 65.7. The summed E-state index contributed by atoms with van der Waals surface area (Å²) in [6.45, 7) is 4.75. The highest BCUT2D eigenvalue weighted by molar-refractivity contribution is 7.14. The maximum absolute atomic E-state index is 13.9. The number of ether oxygens (including phenoxy) is 5. The van der Waals surface area contributed by atoms with E-state index in [0.29, 0.717) is 110 Å². The summed E-state index contributed by atoms with van der Waals surface area (Å²) in [5.74, 6) is 5.66. The van der Waals surface area contributed by atoms with Crippen LogP contribution in [0.5, 0.6) is 11.5 Å². The van der Waals surface area contributed by atoms with Gasteiger partial charge in [-0.05, 0) is 98.6 Å². The molecule has 23 heteroatoms. The number of nitrogens with one attached hydrogen (secondary N) is 3. The Bertz CT molecular complexity index is 2570. The number of amides is 4. The van der Waals surface area contributed by atoms with Crippen molar-refractivity contribution in [3.05, 3.63) is 130 Å². The number of aldehydes is 1. The summed E-state index contributed by atoms with van der Waals surface area (Å²) >= 11 is 7.22. The number of aryl methyl sites for hydroxylation is 1. The standard InChI is InChI=1S/C54H67ClF2N10O9S/c1-66(25-30-74-32-31-72-28-21-45(65-58)37-60-23-29-73-33-34-76-48-17-13-44(14-18-48)62-53(71)64-54-63-46(20-26-68)39-77-54)24-2-3-27-75-47-15-8-40(9-16-47)10-19-50(69)67(38-49(56)57)51(42-5-4-22-59-36-42)52(70)61-35-41-6-11-43(55)12-7-41/h4-9,11-18,22,26,36-37,39,49,51H,2-3,10,19-21,23-25,27-35,38,58H2,1H3,(H,61,70)(H2,62,63,64,71)/b60-37?,65-45-. The molecule has 414 valence electrons. The molecular formula is C54H67ClF2N10O9S. The zero-order valence-corrected chi connectivity index (χ0v) is 44.6. The van der Waals surface area contributed by atoms with E-state index >= 15 is 0 Å². The number of unbranched alkanes of at least 4 members (excludes halogenated alkanes) is 1. The van der Waals surface area contributed by atoms with E-state index in [9.17, 15) is 28.0 Å². The number of likely N-dealkylation sites (N-methyl/N-ethyl adjacent to an activating group) is 1. The van der Waals surface area contributed by atoms with Crippen molar-refractivity contribution in [3.8, 4) is 11.5 Å². The average molecular weight is 1110 g/mol. The molecule has 5 rings (SSSR count). The minimum Gasteiger partial charge on any atom is -0.494 e. The second-order valence-corrected chi connectivity index (χ2v) is 18.5. The summed E-state index contributed by atoms with van der Waals surface area (Å²) in [5, 5.41) is 14.6. The molecule has 5 N–H and O–H groups in total. The number of thiazole rings is 1. The zero-order chi connectivity index (χ0) is 54.9. The Morgan fingerprint density at radius 2 is 1.52 bits per heavy atom. The van der Waals surface area contributed by atoms with Gasteiger partial charge in [0, 0.05) is 72.6 Å². The van der Waals surface area contributed by atoms with Gasteiger partial charge in [0.25, 0.3) is 6.43 Å². The van der Waals surface area contributed by atoms with Gasteiger partial charge in [-0.1, -0.05) is 41.9 Å². The lowest BCUT2D eigenvalue weighted by Crippen LogP contribution is -2.45. The Balaban J connectivity index is 0.847. The second kappa shape index (κ2) is 35.4.